The number of hydrogen-bond donors (Lipinski definition) is 2. The minimum Gasteiger partial charge on any atom is -0.455 e. The molecule has 0 spiro atoms. The summed E-state index contributed by atoms with van der Waals surface area (Å²) in [6, 6.07) is 0. The molecule has 1 amide bonds. The van der Waals surface area contributed by atoms with E-state index < -0.39 is 0 Å². The number of furan rings is 1. The van der Waals surface area contributed by atoms with Gasteiger partial charge in [0.15, 0.2) is 5.76 Å². The first-order valence-electron chi connectivity index (χ1n) is 9.98. The fourth-order valence-electron chi connectivity index (χ4n) is 4.31. The fourth-order valence-corrected chi connectivity index (χ4v) is 4.31. The number of aryl methyl sites for hydroxylation is 2. The normalized spacial score (nSPS) is 21.6. The number of aromatic nitrogens is 2. The monoisotopic (exact) mass is 370 g/mol. The summed E-state index contributed by atoms with van der Waals surface area (Å²) in [6.45, 7) is 6.37. The number of ether oxygens (including phenoxy) is 1. The minimum absolute atomic E-state index is 0.127. The van der Waals surface area contributed by atoms with Crippen molar-refractivity contribution in [1.29, 1.82) is 0 Å². The van der Waals surface area contributed by atoms with Crippen LogP contribution in [0.2, 0.25) is 0 Å². The lowest BCUT2D eigenvalue weighted by atomic mass is 9.93. The van der Waals surface area contributed by atoms with Crippen molar-refractivity contribution < 1.29 is 13.9 Å². The van der Waals surface area contributed by atoms with Crippen molar-refractivity contribution >= 4 is 5.91 Å². The number of carbonyl (C=O) groups is 1. The molecule has 1 atom stereocenters. The highest BCUT2D eigenvalue weighted by Crippen LogP contribution is 2.38. The van der Waals surface area contributed by atoms with Gasteiger partial charge in [0.25, 0.3) is 5.91 Å². The summed E-state index contributed by atoms with van der Waals surface area (Å²) in [5.74, 6) is 1.82. The highest BCUT2D eigenvalue weighted by atomic mass is 16.5. The van der Waals surface area contributed by atoms with Gasteiger partial charge in [-0.05, 0) is 31.7 Å². The van der Waals surface area contributed by atoms with Crippen LogP contribution in [0.25, 0.3) is 11.3 Å². The minimum atomic E-state index is -0.154. The molecular weight excluding hydrogens is 344 g/mol. The fraction of sp³-hybridized carbons (Fsp3) is 0.600. The van der Waals surface area contributed by atoms with Gasteiger partial charge in [-0.15, -0.1) is 0 Å². The number of carbonyl (C=O) groups excluding carboxylic acids is 1. The summed E-state index contributed by atoms with van der Waals surface area (Å²) in [7, 11) is 0. The Labute approximate surface area is 158 Å². The lowest BCUT2D eigenvalue weighted by Gasteiger charge is -2.26. The average Bonchev–Trinajstić information content (AvgIpc) is 3.34. The molecule has 27 heavy (non-hydrogen) atoms. The van der Waals surface area contributed by atoms with E-state index in [4.69, 9.17) is 14.3 Å². The molecule has 0 saturated carbocycles. The Morgan fingerprint density at radius 2 is 2.30 bits per heavy atom. The van der Waals surface area contributed by atoms with Crippen LogP contribution in [-0.4, -0.2) is 48.0 Å². The third kappa shape index (κ3) is 3.08. The molecule has 0 bridgehead atoms. The zero-order valence-corrected chi connectivity index (χ0v) is 15.7. The SMILES string of the molecule is Cc1c(C(=O)NCC2CCCO2)oc2c1-c1nn(CC3CNC3)cc1CC2. The first kappa shape index (κ1) is 17.0. The van der Waals surface area contributed by atoms with Gasteiger partial charge >= 0.3 is 0 Å². The van der Waals surface area contributed by atoms with Gasteiger partial charge < -0.3 is 19.8 Å². The maximum atomic E-state index is 12.7. The van der Waals surface area contributed by atoms with Crippen LogP contribution >= 0.6 is 0 Å². The predicted octanol–water partition coefficient (Wildman–Crippen LogP) is 1.68. The Kier molecular flexibility index (Phi) is 4.28. The lowest BCUT2D eigenvalue weighted by molar-refractivity contribution is 0.0833. The molecule has 4 heterocycles. The van der Waals surface area contributed by atoms with E-state index >= 15 is 0 Å². The van der Waals surface area contributed by atoms with Crippen molar-refractivity contribution in [3.63, 3.8) is 0 Å². The van der Waals surface area contributed by atoms with Crippen molar-refractivity contribution in [2.75, 3.05) is 26.2 Å². The predicted molar refractivity (Wildman–Crippen MR) is 99.7 cm³/mol. The van der Waals surface area contributed by atoms with Gasteiger partial charge in [-0.1, -0.05) is 0 Å². The summed E-state index contributed by atoms with van der Waals surface area (Å²) >= 11 is 0. The van der Waals surface area contributed by atoms with Crippen molar-refractivity contribution in [3.8, 4) is 11.3 Å². The lowest BCUT2D eigenvalue weighted by Crippen LogP contribution is -2.44. The van der Waals surface area contributed by atoms with Gasteiger partial charge in [0.2, 0.25) is 0 Å². The first-order chi connectivity index (χ1) is 13.2. The molecule has 2 aromatic rings. The molecule has 2 aliphatic heterocycles. The molecule has 3 aliphatic rings. The Morgan fingerprint density at radius 1 is 1.41 bits per heavy atom. The number of fused-ring (bicyclic) bond motifs is 3. The molecule has 2 aromatic heterocycles. The van der Waals surface area contributed by atoms with Gasteiger partial charge in [0.1, 0.15) is 5.76 Å². The third-order valence-electron chi connectivity index (χ3n) is 5.95. The molecular formula is C20H26N4O3. The van der Waals surface area contributed by atoms with Crippen molar-refractivity contribution in [1.82, 2.24) is 20.4 Å². The maximum absolute atomic E-state index is 12.7. The van der Waals surface area contributed by atoms with E-state index in [1.807, 2.05) is 6.92 Å². The maximum Gasteiger partial charge on any atom is 0.287 e. The van der Waals surface area contributed by atoms with E-state index in [0.717, 1.165) is 74.5 Å². The highest BCUT2D eigenvalue weighted by molar-refractivity contribution is 5.95. The number of rotatable bonds is 5. The van der Waals surface area contributed by atoms with Gasteiger partial charge in [-0.3, -0.25) is 9.48 Å². The van der Waals surface area contributed by atoms with Crippen LogP contribution in [0.3, 0.4) is 0 Å². The molecule has 7 nitrogen and oxygen atoms in total. The summed E-state index contributed by atoms with van der Waals surface area (Å²) in [4.78, 5) is 12.7. The molecule has 1 unspecified atom stereocenters. The molecule has 0 radical (unpaired) electrons. The molecule has 7 heteroatoms. The largest absolute Gasteiger partial charge is 0.455 e. The van der Waals surface area contributed by atoms with E-state index in [2.05, 4.69) is 21.5 Å². The number of nitrogens with one attached hydrogen (secondary N) is 2. The van der Waals surface area contributed by atoms with E-state index in [1.165, 1.54) is 5.56 Å². The van der Waals surface area contributed by atoms with Crippen LogP contribution in [-0.2, 0) is 24.1 Å². The van der Waals surface area contributed by atoms with Crippen LogP contribution in [0.1, 0.15) is 40.3 Å². The van der Waals surface area contributed by atoms with Crippen LogP contribution < -0.4 is 10.6 Å². The Balaban J connectivity index is 1.37. The van der Waals surface area contributed by atoms with Gasteiger partial charge in [0.05, 0.1) is 11.8 Å². The molecule has 2 N–H and O–H groups in total. The Morgan fingerprint density at radius 3 is 3.04 bits per heavy atom. The van der Waals surface area contributed by atoms with E-state index in [-0.39, 0.29) is 12.0 Å². The standard InChI is InChI=1S/C20H26N4O3/c1-12-17-16(27-19(12)20(25)22-9-15-3-2-6-26-15)5-4-14-11-24(23-18(14)17)10-13-7-21-8-13/h11,13,15,21H,2-10H2,1H3,(H,22,25). The highest BCUT2D eigenvalue weighted by Gasteiger charge is 2.30. The molecule has 144 valence electrons. The van der Waals surface area contributed by atoms with Crippen molar-refractivity contribution in [3.05, 3.63) is 28.8 Å². The Hall–Kier alpha value is -2.12. The zero-order valence-electron chi connectivity index (χ0n) is 15.7. The molecule has 2 fully saturated rings. The Bertz CT molecular complexity index is 859. The summed E-state index contributed by atoms with van der Waals surface area (Å²) in [5.41, 5.74) is 4.16. The number of nitrogens with zero attached hydrogens (tertiary/aromatic N) is 2. The second-order valence-corrected chi connectivity index (χ2v) is 7.95. The topological polar surface area (TPSA) is 81.3 Å². The zero-order chi connectivity index (χ0) is 18.4. The molecule has 0 aromatic carbocycles. The molecule has 2 saturated heterocycles. The van der Waals surface area contributed by atoms with E-state index in [9.17, 15) is 4.79 Å². The smallest absolute Gasteiger partial charge is 0.287 e. The van der Waals surface area contributed by atoms with Crippen molar-refractivity contribution in [2.24, 2.45) is 5.92 Å². The van der Waals surface area contributed by atoms with E-state index in [1.54, 1.807) is 0 Å². The molecule has 5 rings (SSSR count). The quantitative estimate of drug-likeness (QED) is 0.837. The van der Waals surface area contributed by atoms with Gasteiger partial charge in [0, 0.05) is 62.4 Å². The second kappa shape index (κ2) is 6.80. The number of amides is 1. The van der Waals surface area contributed by atoms with Gasteiger partial charge in [-0.25, -0.2) is 0 Å². The first-order valence-corrected chi connectivity index (χ1v) is 9.98. The van der Waals surface area contributed by atoms with Crippen LogP contribution in [0.15, 0.2) is 10.6 Å². The van der Waals surface area contributed by atoms with Crippen molar-refractivity contribution in [2.45, 2.75) is 45.3 Å². The van der Waals surface area contributed by atoms with Crippen LogP contribution in [0.4, 0.5) is 0 Å². The second-order valence-electron chi connectivity index (χ2n) is 7.95. The van der Waals surface area contributed by atoms with Crippen LogP contribution in [0.5, 0.6) is 0 Å². The third-order valence-corrected chi connectivity index (χ3v) is 5.95. The summed E-state index contributed by atoms with van der Waals surface area (Å²) < 4.78 is 13.6. The summed E-state index contributed by atoms with van der Waals surface area (Å²) in [5, 5.41) is 11.1. The number of hydrogen-bond acceptors (Lipinski definition) is 5. The average molecular weight is 370 g/mol. The van der Waals surface area contributed by atoms with Gasteiger partial charge in [-0.2, -0.15) is 5.10 Å². The van der Waals surface area contributed by atoms with E-state index in [0.29, 0.717) is 18.2 Å². The van der Waals surface area contributed by atoms with Crippen LogP contribution in [0, 0.1) is 12.8 Å². The molecule has 1 aliphatic carbocycles. The summed E-state index contributed by atoms with van der Waals surface area (Å²) in [6.07, 6.45) is 6.10.